The van der Waals surface area contributed by atoms with Crippen molar-refractivity contribution < 1.29 is 52.8 Å². The van der Waals surface area contributed by atoms with E-state index >= 15 is 0 Å². The molecule has 0 aliphatic rings. The third kappa shape index (κ3) is 9.51. The first-order valence-electron chi connectivity index (χ1n) is 11.1. The maximum Gasteiger partial charge on any atom is 0.0751 e. The van der Waals surface area contributed by atoms with E-state index < -0.39 is 0 Å². The van der Waals surface area contributed by atoms with Crippen molar-refractivity contribution in [1.29, 1.82) is 0 Å². The van der Waals surface area contributed by atoms with Crippen LogP contribution in [-0.2, 0) is 58.2 Å². The van der Waals surface area contributed by atoms with E-state index in [0.717, 1.165) is 39.5 Å². The number of hydrogen-bond donors (Lipinski definition) is 0. The Morgan fingerprint density at radius 2 is 1.32 bits per heavy atom. The van der Waals surface area contributed by atoms with Crippen LogP contribution in [0.3, 0.4) is 0 Å². The van der Waals surface area contributed by atoms with E-state index in [-0.39, 0.29) is 66.6 Å². The summed E-state index contributed by atoms with van der Waals surface area (Å²) in [6.07, 6.45) is 3.59. The minimum atomic E-state index is 0. The van der Waals surface area contributed by atoms with Gasteiger partial charge in [-0.2, -0.15) is 5.56 Å². The van der Waals surface area contributed by atoms with Crippen molar-refractivity contribution in [3.63, 3.8) is 0 Å². The molecule has 5 radical (unpaired) electrons. The molecule has 0 unspecified atom stereocenters. The Balaban J connectivity index is 0.000000344. The predicted molar refractivity (Wildman–Crippen MR) is 142 cm³/mol. The zero-order valence-electron chi connectivity index (χ0n) is 21.1. The number of pyridine rings is 1. The SMILES string of the molecule is CC(C)(C)c1ccnc(-c2[c-]cccc2)n1.[B].[Ir].[Y].[c-]1ccc(-c2[c-]cccc2)[c-]c1-c1ccccn1. The molecule has 2 heterocycles. The van der Waals surface area contributed by atoms with E-state index in [9.17, 15) is 0 Å². The zero-order valence-corrected chi connectivity index (χ0v) is 26.3. The predicted octanol–water partition coefficient (Wildman–Crippen LogP) is 6.67. The molecule has 5 rings (SSSR count). The van der Waals surface area contributed by atoms with Gasteiger partial charge in [-0.15, -0.1) is 72.3 Å². The van der Waals surface area contributed by atoms with Crippen molar-refractivity contribution in [2.75, 3.05) is 0 Å². The van der Waals surface area contributed by atoms with Crippen molar-refractivity contribution in [3.05, 3.63) is 127 Å². The molecule has 0 fully saturated rings. The first-order valence-corrected chi connectivity index (χ1v) is 11.1. The quantitative estimate of drug-likeness (QED) is 0.154. The van der Waals surface area contributed by atoms with Crippen molar-refractivity contribution in [2.45, 2.75) is 26.2 Å². The molecule has 0 saturated carbocycles. The molecule has 0 atom stereocenters. The van der Waals surface area contributed by atoms with Gasteiger partial charge in [0.25, 0.3) is 0 Å². The van der Waals surface area contributed by atoms with E-state index in [1.54, 1.807) is 6.20 Å². The molecule has 0 spiro atoms. The average molecular weight is 731 g/mol. The minimum absolute atomic E-state index is 0. The van der Waals surface area contributed by atoms with E-state index in [0.29, 0.717) is 0 Å². The fourth-order valence-electron chi connectivity index (χ4n) is 3.23. The monoisotopic (exact) mass is 732 g/mol. The van der Waals surface area contributed by atoms with Crippen LogP contribution < -0.4 is 0 Å². The normalized spacial score (nSPS) is 9.92. The van der Waals surface area contributed by atoms with Gasteiger partial charge < -0.3 is 11.1 Å². The molecule has 0 aliphatic heterocycles. The summed E-state index contributed by atoms with van der Waals surface area (Å²) in [5.41, 5.74) is 5.84. The molecule has 183 valence electrons. The third-order valence-electron chi connectivity index (χ3n) is 5.03. The first kappa shape index (κ1) is 32.7. The van der Waals surface area contributed by atoms with Gasteiger partial charge in [0.1, 0.15) is 0 Å². The molecule has 3 nitrogen and oxygen atoms in total. The minimum Gasteiger partial charge on any atom is -0.352 e. The largest absolute Gasteiger partial charge is 0.352 e. The summed E-state index contributed by atoms with van der Waals surface area (Å²) >= 11 is 0. The van der Waals surface area contributed by atoms with E-state index in [1.807, 2.05) is 91.1 Å². The summed E-state index contributed by atoms with van der Waals surface area (Å²) < 4.78 is 0. The Morgan fingerprint density at radius 1 is 0.649 bits per heavy atom. The molecule has 0 amide bonds. The summed E-state index contributed by atoms with van der Waals surface area (Å²) in [6.45, 7) is 6.44. The zero-order chi connectivity index (χ0) is 23.8. The van der Waals surface area contributed by atoms with Gasteiger partial charge in [0.15, 0.2) is 0 Å². The average Bonchev–Trinajstić information content (AvgIpc) is 2.90. The molecule has 2 aromatic heterocycles. The molecule has 0 aliphatic carbocycles. The summed E-state index contributed by atoms with van der Waals surface area (Å²) in [5.74, 6) is 0.744. The fourth-order valence-corrected chi connectivity index (χ4v) is 3.23. The molecule has 0 N–H and O–H groups in total. The molecule has 6 heteroatoms. The number of aromatic nitrogens is 3. The summed E-state index contributed by atoms with van der Waals surface area (Å²) in [7, 11) is 0. The topological polar surface area (TPSA) is 38.7 Å². The Labute approximate surface area is 261 Å². The molecule has 0 bridgehead atoms. The van der Waals surface area contributed by atoms with Crippen LogP contribution >= 0.6 is 0 Å². The number of benzene rings is 3. The number of rotatable bonds is 3. The van der Waals surface area contributed by atoms with Crippen LogP contribution in [0.25, 0.3) is 33.8 Å². The molecule has 37 heavy (non-hydrogen) atoms. The maximum atomic E-state index is 4.57. The van der Waals surface area contributed by atoms with Crippen molar-refractivity contribution in [1.82, 2.24) is 15.0 Å². The summed E-state index contributed by atoms with van der Waals surface area (Å²) in [4.78, 5) is 13.2. The second-order valence-electron chi connectivity index (χ2n) is 8.67. The van der Waals surface area contributed by atoms with Gasteiger partial charge in [-0.05, 0) is 12.1 Å². The number of hydrogen-bond acceptors (Lipinski definition) is 3. The second-order valence-corrected chi connectivity index (χ2v) is 8.67. The maximum absolute atomic E-state index is 4.57. The first-order chi connectivity index (χ1) is 16.5. The molecular weight excluding hydrogens is 706 g/mol. The van der Waals surface area contributed by atoms with Gasteiger partial charge in [-0.25, -0.2) is 6.07 Å². The van der Waals surface area contributed by atoms with Crippen LogP contribution in [0.5, 0.6) is 0 Å². The Hall–Kier alpha value is -2.29. The Bertz CT molecular complexity index is 1270. The molecule has 3 aromatic carbocycles. The van der Waals surface area contributed by atoms with E-state index in [4.69, 9.17) is 0 Å². The van der Waals surface area contributed by atoms with Gasteiger partial charge in [0.05, 0.1) is 5.82 Å². The van der Waals surface area contributed by atoms with Crippen LogP contribution in [0, 0.1) is 24.3 Å². The second kappa shape index (κ2) is 15.8. The third-order valence-corrected chi connectivity index (χ3v) is 5.03. The van der Waals surface area contributed by atoms with Crippen molar-refractivity contribution in [3.8, 4) is 33.8 Å². The summed E-state index contributed by atoms with van der Waals surface area (Å²) in [6, 6.07) is 40.1. The summed E-state index contributed by atoms with van der Waals surface area (Å²) in [5, 5.41) is 0. The van der Waals surface area contributed by atoms with Crippen LogP contribution in [-0.4, -0.2) is 23.4 Å². The molecule has 0 saturated heterocycles. The Kier molecular flexibility index (Phi) is 14.0. The van der Waals surface area contributed by atoms with Gasteiger partial charge >= 0.3 is 0 Å². The standard InChI is InChI=1S/C17H10N.C14H15N2.B.Ir.Y/c1-2-7-14(8-3-1)15-9-6-10-16(13-15)17-11-4-5-12-18-17;1-14(2,3)12-9-10-15-13(16-12)11-7-5-4-6-8-11;;;/h1-7,9,11-12H;4-7,9-10H,1-3H3;;;/q-3;-1;;;. The van der Waals surface area contributed by atoms with Crippen LogP contribution in [0.15, 0.2) is 97.3 Å². The molecular formula is C31H25BIrN3Y-4. The van der Waals surface area contributed by atoms with Gasteiger partial charge in [0.2, 0.25) is 0 Å². The molecule has 5 aromatic rings. The van der Waals surface area contributed by atoms with Gasteiger partial charge in [-0.1, -0.05) is 32.5 Å². The van der Waals surface area contributed by atoms with Crippen LogP contribution in [0.2, 0.25) is 0 Å². The van der Waals surface area contributed by atoms with Gasteiger partial charge in [0, 0.05) is 84.7 Å². The van der Waals surface area contributed by atoms with Gasteiger partial charge in [-0.3, -0.25) is 33.2 Å². The Morgan fingerprint density at radius 3 is 1.92 bits per heavy atom. The number of nitrogens with zero attached hydrogens (tertiary/aromatic N) is 3. The van der Waals surface area contributed by atoms with E-state index in [1.165, 1.54) is 0 Å². The van der Waals surface area contributed by atoms with Crippen LogP contribution in [0.1, 0.15) is 26.5 Å². The van der Waals surface area contributed by atoms with Crippen molar-refractivity contribution in [2.24, 2.45) is 0 Å². The van der Waals surface area contributed by atoms with E-state index in [2.05, 4.69) is 60.0 Å². The fraction of sp³-hybridized carbons (Fsp3) is 0.129. The smallest absolute Gasteiger partial charge is 0.0751 e. The van der Waals surface area contributed by atoms with Crippen molar-refractivity contribution >= 4 is 8.41 Å². The van der Waals surface area contributed by atoms with Crippen LogP contribution in [0.4, 0.5) is 0 Å².